The maximum absolute atomic E-state index is 12.2. The molecule has 0 spiro atoms. The van der Waals surface area contributed by atoms with E-state index in [1.807, 2.05) is 24.3 Å². The summed E-state index contributed by atoms with van der Waals surface area (Å²) in [5.41, 5.74) is 2.18. The third-order valence-corrected chi connectivity index (χ3v) is 4.08. The highest BCUT2D eigenvalue weighted by atomic mass is 16.5. The summed E-state index contributed by atoms with van der Waals surface area (Å²) >= 11 is 0. The summed E-state index contributed by atoms with van der Waals surface area (Å²) in [5, 5.41) is 5.70. The lowest BCUT2D eigenvalue weighted by atomic mass is 10.1. The average molecular weight is 370 g/mol. The zero-order valence-electron chi connectivity index (χ0n) is 15.8. The van der Waals surface area contributed by atoms with Gasteiger partial charge in [0, 0.05) is 37.9 Å². The summed E-state index contributed by atoms with van der Waals surface area (Å²) in [4.78, 5) is 24.2. The van der Waals surface area contributed by atoms with E-state index in [1.54, 1.807) is 38.5 Å². The fourth-order valence-electron chi connectivity index (χ4n) is 2.51. The van der Waals surface area contributed by atoms with E-state index in [2.05, 4.69) is 10.6 Å². The fourth-order valence-corrected chi connectivity index (χ4v) is 2.51. The molecule has 6 heteroatoms. The largest absolute Gasteiger partial charge is 0.497 e. The van der Waals surface area contributed by atoms with Crippen molar-refractivity contribution >= 4 is 11.8 Å². The van der Waals surface area contributed by atoms with Crippen molar-refractivity contribution in [2.24, 2.45) is 0 Å². The average Bonchev–Trinajstić information content (AvgIpc) is 2.71. The smallest absolute Gasteiger partial charge is 0.251 e. The molecule has 0 aromatic heterocycles. The first-order chi connectivity index (χ1) is 13.1. The molecule has 0 radical (unpaired) electrons. The van der Waals surface area contributed by atoms with Crippen molar-refractivity contribution in [3.05, 3.63) is 65.2 Å². The number of amides is 2. The van der Waals surface area contributed by atoms with Gasteiger partial charge in [0.2, 0.25) is 0 Å². The van der Waals surface area contributed by atoms with Gasteiger partial charge < -0.3 is 20.1 Å². The molecule has 2 aromatic rings. The van der Waals surface area contributed by atoms with Gasteiger partial charge in [-0.2, -0.15) is 0 Å². The summed E-state index contributed by atoms with van der Waals surface area (Å²) in [6.45, 7) is 1.70. The van der Waals surface area contributed by atoms with Crippen molar-refractivity contribution in [2.45, 2.75) is 12.8 Å². The van der Waals surface area contributed by atoms with E-state index in [0.29, 0.717) is 30.8 Å². The van der Waals surface area contributed by atoms with Crippen LogP contribution in [0.1, 0.15) is 32.7 Å². The van der Waals surface area contributed by atoms with Gasteiger partial charge in [-0.3, -0.25) is 9.59 Å². The normalized spacial score (nSPS) is 10.3. The predicted octanol–water partition coefficient (Wildman–Crippen LogP) is 2.43. The molecule has 27 heavy (non-hydrogen) atoms. The van der Waals surface area contributed by atoms with E-state index in [4.69, 9.17) is 9.47 Å². The number of nitrogens with one attached hydrogen (secondary N) is 2. The number of methoxy groups -OCH3 is 2. The number of hydrogen-bond acceptors (Lipinski definition) is 4. The molecule has 0 aliphatic heterocycles. The first kappa shape index (κ1) is 20.5. The van der Waals surface area contributed by atoms with Gasteiger partial charge in [0.05, 0.1) is 7.11 Å². The lowest BCUT2D eigenvalue weighted by molar-refractivity contribution is 0.0939. The van der Waals surface area contributed by atoms with Crippen LogP contribution in [0.3, 0.4) is 0 Å². The minimum Gasteiger partial charge on any atom is -0.497 e. The van der Waals surface area contributed by atoms with Crippen molar-refractivity contribution in [1.29, 1.82) is 0 Å². The summed E-state index contributed by atoms with van der Waals surface area (Å²) in [6.07, 6.45) is 1.49. The summed E-state index contributed by atoms with van der Waals surface area (Å²) in [6, 6.07) is 14.4. The van der Waals surface area contributed by atoms with E-state index in [0.717, 1.165) is 24.2 Å². The molecule has 0 atom stereocenters. The van der Waals surface area contributed by atoms with E-state index in [1.165, 1.54) is 0 Å². The number of benzene rings is 2. The first-order valence-corrected chi connectivity index (χ1v) is 8.92. The van der Waals surface area contributed by atoms with E-state index in [-0.39, 0.29) is 11.8 Å². The number of rotatable bonds is 10. The monoisotopic (exact) mass is 370 g/mol. The van der Waals surface area contributed by atoms with Gasteiger partial charge in [0.15, 0.2) is 0 Å². The number of carbonyl (C=O) groups is 2. The Kier molecular flexibility index (Phi) is 8.32. The molecule has 2 N–H and O–H groups in total. The molecule has 0 saturated heterocycles. The highest BCUT2D eigenvalue weighted by Gasteiger charge is 2.08. The standard InChI is InChI=1S/C21H26N2O4/c1-26-15-3-13-22-20(24)17-6-8-18(9-7-17)21(25)23-14-12-16-4-10-19(27-2)11-5-16/h4-11H,3,12-15H2,1-2H3,(H,22,24)(H,23,25). The molecule has 0 bridgehead atoms. The summed E-state index contributed by atoms with van der Waals surface area (Å²) in [7, 11) is 3.26. The molecule has 0 aliphatic carbocycles. The Hall–Kier alpha value is -2.86. The Morgan fingerprint density at radius 1 is 0.815 bits per heavy atom. The van der Waals surface area contributed by atoms with Crippen LogP contribution in [-0.4, -0.2) is 45.7 Å². The zero-order valence-corrected chi connectivity index (χ0v) is 15.8. The van der Waals surface area contributed by atoms with Crippen LogP contribution in [-0.2, 0) is 11.2 Å². The van der Waals surface area contributed by atoms with E-state index >= 15 is 0 Å². The van der Waals surface area contributed by atoms with E-state index in [9.17, 15) is 9.59 Å². The highest BCUT2D eigenvalue weighted by molar-refractivity contribution is 5.97. The Morgan fingerprint density at radius 2 is 1.37 bits per heavy atom. The predicted molar refractivity (Wildman–Crippen MR) is 104 cm³/mol. The van der Waals surface area contributed by atoms with Crippen molar-refractivity contribution in [3.8, 4) is 5.75 Å². The van der Waals surface area contributed by atoms with Crippen LogP contribution in [0, 0.1) is 0 Å². The lowest BCUT2D eigenvalue weighted by Gasteiger charge is -2.08. The molecular weight excluding hydrogens is 344 g/mol. The lowest BCUT2D eigenvalue weighted by Crippen LogP contribution is -2.27. The van der Waals surface area contributed by atoms with Crippen LogP contribution in [0.15, 0.2) is 48.5 Å². The SMILES string of the molecule is COCCCNC(=O)c1ccc(C(=O)NCCc2ccc(OC)cc2)cc1. The molecular formula is C21H26N2O4. The molecule has 0 fully saturated rings. The number of hydrogen-bond donors (Lipinski definition) is 2. The van der Waals surface area contributed by atoms with Crippen LogP contribution in [0.2, 0.25) is 0 Å². The Balaban J connectivity index is 1.78. The van der Waals surface area contributed by atoms with Gasteiger partial charge in [0.1, 0.15) is 5.75 Å². The van der Waals surface area contributed by atoms with Crippen molar-refractivity contribution in [3.63, 3.8) is 0 Å². The second kappa shape index (κ2) is 11.0. The molecule has 144 valence electrons. The van der Waals surface area contributed by atoms with Gasteiger partial charge in [-0.15, -0.1) is 0 Å². The molecule has 0 aliphatic rings. The zero-order chi connectivity index (χ0) is 19.5. The number of carbonyl (C=O) groups excluding carboxylic acids is 2. The van der Waals surface area contributed by atoms with Crippen LogP contribution in [0.5, 0.6) is 5.75 Å². The van der Waals surface area contributed by atoms with Crippen LogP contribution >= 0.6 is 0 Å². The Bertz CT molecular complexity index is 727. The third-order valence-electron chi connectivity index (χ3n) is 4.08. The third kappa shape index (κ3) is 6.75. The molecule has 2 aromatic carbocycles. The fraction of sp³-hybridized carbons (Fsp3) is 0.333. The van der Waals surface area contributed by atoms with Crippen LogP contribution < -0.4 is 15.4 Å². The first-order valence-electron chi connectivity index (χ1n) is 8.92. The van der Waals surface area contributed by atoms with Crippen LogP contribution in [0.25, 0.3) is 0 Å². The maximum Gasteiger partial charge on any atom is 0.251 e. The minimum atomic E-state index is -0.157. The second-order valence-corrected chi connectivity index (χ2v) is 6.03. The molecule has 0 unspecified atom stereocenters. The summed E-state index contributed by atoms with van der Waals surface area (Å²) < 4.78 is 10.1. The minimum absolute atomic E-state index is 0.155. The number of ether oxygens (including phenoxy) is 2. The Labute approximate surface area is 159 Å². The molecule has 6 nitrogen and oxygen atoms in total. The van der Waals surface area contributed by atoms with Gasteiger partial charge in [-0.05, 0) is 54.8 Å². The van der Waals surface area contributed by atoms with Crippen molar-refractivity contribution in [1.82, 2.24) is 10.6 Å². The molecule has 0 saturated carbocycles. The molecule has 0 heterocycles. The van der Waals surface area contributed by atoms with Gasteiger partial charge in [-0.25, -0.2) is 0 Å². The summed E-state index contributed by atoms with van der Waals surface area (Å²) in [5.74, 6) is 0.499. The van der Waals surface area contributed by atoms with Crippen LogP contribution in [0.4, 0.5) is 0 Å². The van der Waals surface area contributed by atoms with Crippen molar-refractivity contribution < 1.29 is 19.1 Å². The van der Waals surface area contributed by atoms with Gasteiger partial charge in [0.25, 0.3) is 11.8 Å². The second-order valence-electron chi connectivity index (χ2n) is 6.03. The van der Waals surface area contributed by atoms with Gasteiger partial charge >= 0.3 is 0 Å². The Morgan fingerprint density at radius 3 is 1.89 bits per heavy atom. The quantitative estimate of drug-likeness (QED) is 0.630. The molecule has 2 rings (SSSR count). The van der Waals surface area contributed by atoms with Gasteiger partial charge in [-0.1, -0.05) is 12.1 Å². The van der Waals surface area contributed by atoms with Crippen molar-refractivity contribution in [2.75, 3.05) is 33.9 Å². The maximum atomic E-state index is 12.2. The highest BCUT2D eigenvalue weighted by Crippen LogP contribution is 2.11. The topological polar surface area (TPSA) is 76.7 Å². The van der Waals surface area contributed by atoms with E-state index < -0.39 is 0 Å². The molecule has 2 amide bonds.